The zero-order valence-corrected chi connectivity index (χ0v) is 17.1. The average Bonchev–Trinajstić information content (AvgIpc) is 2.77. The first kappa shape index (κ1) is 20.8. The Hall–Kier alpha value is -2.89. The Labute approximate surface area is 172 Å². The van der Waals surface area contributed by atoms with Crippen LogP contribution in [0.15, 0.2) is 48.7 Å². The van der Waals surface area contributed by atoms with E-state index < -0.39 is 0 Å². The summed E-state index contributed by atoms with van der Waals surface area (Å²) in [6.07, 6.45) is 5.81. The summed E-state index contributed by atoms with van der Waals surface area (Å²) in [5, 5.41) is 6.13. The topological polar surface area (TPSA) is 80.3 Å². The molecule has 0 spiro atoms. The van der Waals surface area contributed by atoms with Crippen LogP contribution >= 0.6 is 0 Å². The zero-order chi connectivity index (χ0) is 20.6. The number of carbonyl (C=O) groups is 2. The van der Waals surface area contributed by atoms with Gasteiger partial charge in [0.25, 0.3) is 5.91 Å². The SMILES string of the molecule is COc1cccc(C(=O)NC(c2ccccn2)C2CCC(CNC(C)=O)CC2)c1. The highest BCUT2D eigenvalue weighted by atomic mass is 16.5. The van der Waals surface area contributed by atoms with Crippen LogP contribution in [0.1, 0.15) is 54.7 Å². The number of rotatable bonds is 7. The second-order valence-electron chi connectivity index (χ2n) is 7.66. The summed E-state index contributed by atoms with van der Waals surface area (Å²) in [5.74, 6) is 1.36. The van der Waals surface area contributed by atoms with Gasteiger partial charge in [0.15, 0.2) is 0 Å². The minimum atomic E-state index is -0.142. The smallest absolute Gasteiger partial charge is 0.251 e. The van der Waals surface area contributed by atoms with Gasteiger partial charge in [0.1, 0.15) is 5.75 Å². The first-order valence-electron chi connectivity index (χ1n) is 10.2. The second kappa shape index (κ2) is 10.0. The van der Waals surface area contributed by atoms with Gasteiger partial charge in [-0.2, -0.15) is 0 Å². The summed E-state index contributed by atoms with van der Waals surface area (Å²) in [6, 6.07) is 12.8. The number of nitrogens with zero attached hydrogens (tertiary/aromatic N) is 1. The number of pyridine rings is 1. The fourth-order valence-corrected chi connectivity index (χ4v) is 4.00. The lowest BCUT2D eigenvalue weighted by atomic mass is 9.77. The van der Waals surface area contributed by atoms with Gasteiger partial charge in [-0.05, 0) is 67.9 Å². The van der Waals surface area contributed by atoms with Gasteiger partial charge in [-0.1, -0.05) is 12.1 Å². The monoisotopic (exact) mass is 395 g/mol. The van der Waals surface area contributed by atoms with E-state index in [-0.39, 0.29) is 17.9 Å². The van der Waals surface area contributed by atoms with Crippen LogP contribution in [0.2, 0.25) is 0 Å². The number of aromatic nitrogens is 1. The molecular formula is C23H29N3O3. The summed E-state index contributed by atoms with van der Waals surface area (Å²) in [5.41, 5.74) is 1.46. The number of nitrogens with one attached hydrogen (secondary N) is 2. The van der Waals surface area contributed by atoms with Crippen LogP contribution in [0.3, 0.4) is 0 Å². The molecule has 154 valence electrons. The van der Waals surface area contributed by atoms with Gasteiger partial charge in [-0.25, -0.2) is 0 Å². The number of hydrogen-bond donors (Lipinski definition) is 2. The highest BCUT2D eigenvalue weighted by Gasteiger charge is 2.30. The second-order valence-corrected chi connectivity index (χ2v) is 7.66. The van der Waals surface area contributed by atoms with E-state index in [2.05, 4.69) is 15.6 Å². The van der Waals surface area contributed by atoms with Gasteiger partial charge >= 0.3 is 0 Å². The number of carbonyl (C=O) groups excluding carboxylic acids is 2. The van der Waals surface area contributed by atoms with Crippen LogP contribution in [-0.4, -0.2) is 30.5 Å². The van der Waals surface area contributed by atoms with Gasteiger partial charge in [0.05, 0.1) is 18.8 Å². The lowest BCUT2D eigenvalue weighted by molar-refractivity contribution is -0.119. The molecule has 1 saturated carbocycles. The number of methoxy groups -OCH3 is 1. The third-order valence-electron chi connectivity index (χ3n) is 5.63. The van der Waals surface area contributed by atoms with E-state index in [4.69, 9.17) is 4.74 Å². The van der Waals surface area contributed by atoms with Crippen molar-refractivity contribution in [3.05, 3.63) is 59.9 Å². The minimum Gasteiger partial charge on any atom is -0.497 e. The van der Waals surface area contributed by atoms with E-state index in [0.29, 0.717) is 23.1 Å². The van der Waals surface area contributed by atoms with Crippen molar-refractivity contribution in [1.82, 2.24) is 15.6 Å². The van der Waals surface area contributed by atoms with Crippen molar-refractivity contribution in [3.8, 4) is 5.75 Å². The maximum atomic E-state index is 12.9. The van der Waals surface area contributed by atoms with Crippen molar-refractivity contribution < 1.29 is 14.3 Å². The van der Waals surface area contributed by atoms with Gasteiger partial charge in [0, 0.05) is 25.2 Å². The molecule has 0 radical (unpaired) electrons. The standard InChI is InChI=1S/C23H29N3O3/c1-16(27)25-15-17-9-11-18(12-10-17)22(21-8-3-4-13-24-21)26-23(28)19-6-5-7-20(14-19)29-2/h3-8,13-14,17-18,22H,9-12,15H2,1-2H3,(H,25,27)(H,26,28). The molecule has 1 aromatic carbocycles. The first-order chi connectivity index (χ1) is 14.1. The normalized spacial score (nSPS) is 19.8. The zero-order valence-electron chi connectivity index (χ0n) is 17.1. The Balaban J connectivity index is 1.71. The molecule has 2 N–H and O–H groups in total. The number of hydrogen-bond acceptors (Lipinski definition) is 4. The highest BCUT2D eigenvalue weighted by molar-refractivity contribution is 5.94. The Bertz CT molecular complexity index is 817. The molecule has 6 heteroatoms. The van der Waals surface area contributed by atoms with E-state index >= 15 is 0 Å². The number of ether oxygens (including phenoxy) is 1. The van der Waals surface area contributed by atoms with Crippen LogP contribution < -0.4 is 15.4 Å². The molecule has 0 bridgehead atoms. The molecule has 2 aromatic rings. The third kappa shape index (κ3) is 5.79. The van der Waals surface area contributed by atoms with Crippen molar-refractivity contribution >= 4 is 11.8 Å². The molecule has 6 nitrogen and oxygen atoms in total. The molecular weight excluding hydrogens is 366 g/mol. The van der Waals surface area contributed by atoms with Crippen LogP contribution in [-0.2, 0) is 4.79 Å². The van der Waals surface area contributed by atoms with Crippen LogP contribution in [0.25, 0.3) is 0 Å². The Morgan fingerprint density at radius 1 is 1.14 bits per heavy atom. The van der Waals surface area contributed by atoms with Crippen LogP contribution in [0.5, 0.6) is 5.75 Å². The molecule has 1 atom stereocenters. The molecule has 1 unspecified atom stereocenters. The van der Waals surface area contributed by atoms with Crippen LogP contribution in [0, 0.1) is 11.8 Å². The molecule has 2 amide bonds. The van der Waals surface area contributed by atoms with Crippen molar-refractivity contribution in [1.29, 1.82) is 0 Å². The number of amides is 2. The molecule has 1 aliphatic carbocycles. The quantitative estimate of drug-likeness (QED) is 0.752. The molecule has 3 rings (SSSR count). The summed E-state index contributed by atoms with van der Waals surface area (Å²) in [7, 11) is 1.59. The summed E-state index contributed by atoms with van der Waals surface area (Å²) < 4.78 is 5.24. The fourth-order valence-electron chi connectivity index (χ4n) is 4.00. The Kier molecular flexibility index (Phi) is 7.22. The van der Waals surface area contributed by atoms with E-state index in [9.17, 15) is 9.59 Å². The summed E-state index contributed by atoms with van der Waals surface area (Å²) in [4.78, 5) is 28.6. The maximum Gasteiger partial charge on any atom is 0.251 e. The largest absolute Gasteiger partial charge is 0.497 e. The van der Waals surface area contributed by atoms with E-state index in [1.807, 2.05) is 30.3 Å². The lowest BCUT2D eigenvalue weighted by Crippen LogP contribution is -2.37. The van der Waals surface area contributed by atoms with Crippen LogP contribution in [0.4, 0.5) is 0 Å². The summed E-state index contributed by atoms with van der Waals surface area (Å²) in [6.45, 7) is 2.28. The minimum absolute atomic E-state index is 0.0176. The van der Waals surface area contributed by atoms with E-state index in [1.54, 1.807) is 32.4 Å². The van der Waals surface area contributed by atoms with Gasteiger partial charge in [-0.15, -0.1) is 0 Å². The summed E-state index contributed by atoms with van der Waals surface area (Å²) >= 11 is 0. The van der Waals surface area contributed by atoms with Crippen molar-refractivity contribution in [2.75, 3.05) is 13.7 Å². The molecule has 1 aromatic heterocycles. The number of benzene rings is 1. The average molecular weight is 396 g/mol. The fraction of sp³-hybridized carbons (Fsp3) is 0.435. The predicted octanol–water partition coefficient (Wildman–Crippen LogP) is 3.50. The van der Waals surface area contributed by atoms with E-state index in [1.165, 1.54) is 0 Å². The predicted molar refractivity (Wildman–Crippen MR) is 112 cm³/mol. The van der Waals surface area contributed by atoms with Crippen molar-refractivity contribution in [3.63, 3.8) is 0 Å². The van der Waals surface area contributed by atoms with Gasteiger partial charge in [-0.3, -0.25) is 14.6 Å². The molecule has 1 heterocycles. The van der Waals surface area contributed by atoms with E-state index in [0.717, 1.165) is 37.9 Å². The van der Waals surface area contributed by atoms with Gasteiger partial charge in [0.2, 0.25) is 5.91 Å². The van der Waals surface area contributed by atoms with Gasteiger partial charge < -0.3 is 15.4 Å². The molecule has 0 aliphatic heterocycles. The third-order valence-corrected chi connectivity index (χ3v) is 5.63. The molecule has 29 heavy (non-hydrogen) atoms. The first-order valence-corrected chi connectivity index (χ1v) is 10.2. The Morgan fingerprint density at radius 3 is 2.59 bits per heavy atom. The van der Waals surface area contributed by atoms with Crippen molar-refractivity contribution in [2.45, 2.75) is 38.6 Å². The lowest BCUT2D eigenvalue weighted by Gasteiger charge is -2.34. The molecule has 1 aliphatic rings. The molecule has 1 fully saturated rings. The Morgan fingerprint density at radius 2 is 1.93 bits per heavy atom. The molecule has 0 saturated heterocycles. The highest BCUT2D eigenvalue weighted by Crippen LogP contribution is 2.36. The van der Waals surface area contributed by atoms with Crippen molar-refractivity contribution in [2.24, 2.45) is 11.8 Å². The maximum absolute atomic E-state index is 12.9.